The minimum absolute atomic E-state index is 0.186. The van der Waals surface area contributed by atoms with Gasteiger partial charge in [-0.25, -0.2) is 4.57 Å². The molecule has 3 rings (SSSR count). The predicted octanol–water partition coefficient (Wildman–Crippen LogP) is 1.70. The molecule has 2 heterocycles. The molecule has 2 amide bonds. The molecule has 0 atom stereocenters. The number of imide groups is 1. The van der Waals surface area contributed by atoms with Crippen molar-refractivity contribution in [2.45, 2.75) is 13.0 Å². The number of fused-ring (bicyclic) bond motifs is 1. The zero-order valence-corrected chi connectivity index (χ0v) is 12.5. The van der Waals surface area contributed by atoms with Gasteiger partial charge in [0, 0.05) is 26.1 Å². The van der Waals surface area contributed by atoms with Crippen LogP contribution in [0.25, 0.3) is 0 Å². The first-order valence-electron chi connectivity index (χ1n) is 7.33. The number of nitrogens with one attached hydrogen (secondary N) is 1. The van der Waals surface area contributed by atoms with E-state index in [4.69, 9.17) is 0 Å². The van der Waals surface area contributed by atoms with Crippen LogP contribution in [0.15, 0.2) is 48.8 Å². The van der Waals surface area contributed by atoms with E-state index in [0.29, 0.717) is 17.7 Å². The highest BCUT2D eigenvalue weighted by Crippen LogP contribution is 2.22. The first-order valence-corrected chi connectivity index (χ1v) is 7.33. The molecule has 5 heteroatoms. The molecule has 1 N–H and O–H groups in total. The fourth-order valence-electron chi connectivity index (χ4n) is 2.66. The van der Waals surface area contributed by atoms with Gasteiger partial charge in [0.1, 0.15) is 6.54 Å². The highest BCUT2D eigenvalue weighted by Gasteiger charge is 2.34. The summed E-state index contributed by atoms with van der Waals surface area (Å²) in [5.41, 5.74) is 2.05. The number of rotatable bonds is 5. The molecule has 0 spiro atoms. The molecule has 2 aromatic rings. The van der Waals surface area contributed by atoms with E-state index >= 15 is 0 Å². The molecule has 1 aliphatic heterocycles. The summed E-state index contributed by atoms with van der Waals surface area (Å²) in [6.07, 6.45) is 4.70. The number of aryl methyl sites for hydroxylation is 1. The van der Waals surface area contributed by atoms with Crippen molar-refractivity contribution < 1.29 is 14.2 Å². The lowest BCUT2D eigenvalue weighted by Crippen LogP contribution is -2.37. The Labute approximate surface area is 129 Å². The molecule has 0 saturated heterocycles. The molecule has 1 aromatic carbocycles. The molecule has 5 nitrogen and oxygen atoms in total. The van der Waals surface area contributed by atoms with E-state index in [9.17, 15) is 9.59 Å². The summed E-state index contributed by atoms with van der Waals surface area (Å²) in [6.45, 7) is 1.19. The molecule has 0 radical (unpaired) electrons. The third kappa shape index (κ3) is 2.57. The van der Waals surface area contributed by atoms with Gasteiger partial charge in [-0.05, 0) is 18.2 Å². The van der Waals surface area contributed by atoms with Crippen LogP contribution in [0.1, 0.15) is 27.1 Å². The van der Waals surface area contributed by atoms with Gasteiger partial charge in [0.15, 0.2) is 12.4 Å². The second-order valence-corrected chi connectivity index (χ2v) is 5.24. The van der Waals surface area contributed by atoms with Gasteiger partial charge in [-0.2, -0.15) is 0 Å². The number of anilines is 1. The lowest BCUT2D eigenvalue weighted by atomic mass is 10.1. The van der Waals surface area contributed by atoms with Gasteiger partial charge in [-0.1, -0.05) is 12.1 Å². The smallest absolute Gasteiger partial charge is 0.261 e. The van der Waals surface area contributed by atoms with Gasteiger partial charge in [0.25, 0.3) is 11.8 Å². The Morgan fingerprint density at radius 2 is 1.73 bits per heavy atom. The Morgan fingerprint density at radius 1 is 1.05 bits per heavy atom. The highest BCUT2D eigenvalue weighted by molar-refractivity contribution is 6.21. The van der Waals surface area contributed by atoms with E-state index in [1.54, 1.807) is 24.3 Å². The maximum absolute atomic E-state index is 12.2. The molecule has 0 saturated carbocycles. The fraction of sp³-hybridized carbons (Fsp3) is 0.235. The summed E-state index contributed by atoms with van der Waals surface area (Å²) in [7, 11) is 1.87. The van der Waals surface area contributed by atoms with Crippen molar-refractivity contribution in [3.05, 3.63) is 59.9 Å². The Morgan fingerprint density at radius 3 is 2.36 bits per heavy atom. The molecule has 22 heavy (non-hydrogen) atoms. The van der Waals surface area contributed by atoms with E-state index in [1.165, 1.54) is 4.90 Å². The van der Waals surface area contributed by atoms with Gasteiger partial charge < -0.3 is 5.32 Å². The van der Waals surface area contributed by atoms with Crippen molar-refractivity contribution in [2.75, 3.05) is 18.9 Å². The van der Waals surface area contributed by atoms with Crippen LogP contribution in [0.5, 0.6) is 0 Å². The van der Waals surface area contributed by atoms with Crippen LogP contribution in [-0.4, -0.2) is 30.3 Å². The predicted molar refractivity (Wildman–Crippen MR) is 82.6 cm³/mol. The second kappa shape index (κ2) is 5.97. The normalized spacial score (nSPS) is 13.4. The van der Waals surface area contributed by atoms with Crippen molar-refractivity contribution >= 4 is 17.5 Å². The van der Waals surface area contributed by atoms with Crippen molar-refractivity contribution in [2.24, 2.45) is 0 Å². The fourth-order valence-corrected chi connectivity index (χ4v) is 2.66. The van der Waals surface area contributed by atoms with E-state index in [-0.39, 0.29) is 11.8 Å². The molecule has 0 fully saturated rings. The Hall–Kier alpha value is -2.69. The van der Waals surface area contributed by atoms with E-state index in [0.717, 1.165) is 18.7 Å². The monoisotopic (exact) mass is 296 g/mol. The number of hydrogen-bond acceptors (Lipinski definition) is 3. The summed E-state index contributed by atoms with van der Waals surface area (Å²) in [4.78, 5) is 25.8. The average molecular weight is 296 g/mol. The maximum Gasteiger partial charge on any atom is 0.261 e. The number of pyridine rings is 1. The van der Waals surface area contributed by atoms with Crippen LogP contribution < -0.4 is 9.88 Å². The summed E-state index contributed by atoms with van der Waals surface area (Å²) >= 11 is 0. The number of carbonyl (C=O) groups is 2. The van der Waals surface area contributed by atoms with Crippen molar-refractivity contribution in [3.63, 3.8) is 0 Å². The topological polar surface area (TPSA) is 53.3 Å². The van der Waals surface area contributed by atoms with Gasteiger partial charge >= 0.3 is 0 Å². The first kappa shape index (κ1) is 14.3. The van der Waals surface area contributed by atoms with Crippen molar-refractivity contribution in [1.82, 2.24) is 4.90 Å². The Bertz CT molecular complexity index is 692. The molecule has 1 aromatic heterocycles. The molecular weight excluding hydrogens is 278 g/mol. The van der Waals surface area contributed by atoms with Crippen LogP contribution in [0, 0.1) is 0 Å². The maximum atomic E-state index is 12.2. The second-order valence-electron chi connectivity index (χ2n) is 5.24. The molecule has 1 aliphatic rings. The van der Waals surface area contributed by atoms with E-state index in [2.05, 4.69) is 5.32 Å². The van der Waals surface area contributed by atoms with E-state index < -0.39 is 0 Å². The average Bonchev–Trinajstić information content (AvgIpc) is 2.80. The lowest BCUT2D eigenvalue weighted by molar-refractivity contribution is -0.696. The summed E-state index contributed by atoms with van der Waals surface area (Å²) in [5, 5.41) is 3.09. The number of carbonyl (C=O) groups excluding carboxylic acids is 2. The number of nitrogens with zero attached hydrogens (tertiary/aromatic N) is 2. The molecule has 0 bridgehead atoms. The third-order valence-electron chi connectivity index (χ3n) is 3.82. The molecule has 0 aliphatic carbocycles. The molecule has 0 unspecified atom stereocenters. The molecular formula is C17H18N3O2+. The largest absolute Gasteiger partial charge is 0.383 e. The molecule has 112 valence electrons. The SMILES string of the molecule is CNc1ccc[n+](CCCN2C(=O)c3ccccc3C2=O)c1. The number of amides is 2. The van der Waals surface area contributed by atoms with Crippen LogP contribution in [0.2, 0.25) is 0 Å². The van der Waals surface area contributed by atoms with Crippen LogP contribution in [0.3, 0.4) is 0 Å². The third-order valence-corrected chi connectivity index (χ3v) is 3.82. The number of benzene rings is 1. The standard InChI is InChI=1S/C17H18N3O2/c1-18-13-6-4-9-19(12-13)10-5-11-20-16(21)14-7-2-3-8-15(14)17(20)22/h2-4,6-9,12,18H,5,10-11H2,1H3/q+1. The minimum Gasteiger partial charge on any atom is -0.383 e. The summed E-state index contributed by atoms with van der Waals surface area (Å²) in [6, 6.07) is 10.9. The van der Waals surface area contributed by atoms with Crippen molar-refractivity contribution in [1.29, 1.82) is 0 Å². The van der Waals surface area contributed by atoms with Gasteiger partial charge in [0.2, 0.25) is 0 Å². The zero-order valence-electron chi connectivity index (χ0n) is 12.5. The summed E-state index contributed by atoms with van der Waals surface area (Å²) < 4.78 is 2.05. The first-order chi connectivity index (χ1) is 10.7. The Balaban J connectivity index is 1.63. The summed E-state index contributed by atoms with van der Waals surface area (Å²) in [5.74, 6) is -0.371. The van der Waals surface area contributed by atoms with Crippen molar-refractivity contribution in [3.8, 4) is 0 Å². The number of aromatic nitrogens is 1. The van der Waals surface area contributed by atoms with Gasteiger partial charge in [-0.3, -0.25) is 14.5 Å². The quantitative estimate of drug-likeness (QED) is 0.675. The zero-order chi connectivity index (χ0) is 15.5. The van der Waals surface area contributed by atoms with Gasteiger partial charge in [-0.15, -0.1) is 0 Å². The minimum atomic E-state index is -0.186. The van der Waals surface area contributed by atoms with Gasteiger partial charge in [0.05, 0.1) is 16.8 Å². The highest BCUT2D eigenvalue weighted by atomic mass is 16.2. The van der Waals surface area contributed by atoms with E-state index in [1.807, 2.05) is 36.1 Å². The Kier molecular flexibility index (Phi) is 3.87. The van der Waals surface area contributed by atoms with Crippen LogP contribution in [0.4, 0.5) is 5.69 Å². The lowest BCUT2D eigenvalue weighted by Gasteiger charge is -2.12. The van der Waals surface area contributed by atoms with Crippen LogP contribution in [-0.2, 0) is 6.54 Å². The van der Waals surface area contributed by atoms with Crippen LogP contribution >= 0.6 is 0 Å². The number of hydrogen-bond donors (Lipinski definition) is 1.